The zero-order valence-corrected chi connectivity index (χ0v) is 19.2. The van der Waals surface area contributed by atoms with E-state index in [0.717, 1.165) is 5.56 Å². The van der Waals surface area contributed by atoms with Gasteiger partial charge in [0.05, 0.1) is 25.4 Å². The smallest absolute Gasteiger partial charge is 0.408 e. The van der Waals surface area contributed by atoms with Crippen molar-refractivity contribution in [2.75, 3.05) is 7.11 Å². The Hall–Kier alpha value is -3.16. The lowest BCUT2D eigenvalue weighted by molar-refractivity contribution is 0.0482. The average molecular weight is 430 g/mol. The summed E-state index contributed by atoms with van der Waals surface area (Å²) in [5.41, 5.74) is -0.218. The van der Waals surface area contributed by atoms with Gasteiger partial charge in [0.2, 0.25) is 0 Å². The van der Waals surface area contributed by atoms with Crippen molar-refractivity contribution in [1.29, 1.82) is 0 Å². The molecule has 8 heteroatoms. The van der Waals surface area contributed by atoms with Gasteiger partial charge in [-0.15, -0.1) is 0 Å². The molecular formula is C23H31N3O5. The van der Waals surface area contributed by atoms with Gasteiger partial charge in [-0.25, -0.2) is 14.6 Å². The van der Waals surface area contributed by atoms with Crippen molar-refractivity contribution < 1.29 is 19.1 Å². The maximum atomic E-state index is 13.3. The van der Waals surface area contributed by atoms with E-state index in [4.69, 9.17) is 9.47 Å². The zero-order valence-electron chi connectivity index (χ0n) is 19.2. The monoisotopic (exact) mass is 429 g/mol. The van der Waals surface area contributed by atoms with Crippen LogP contribution in [-0.4, -0.2) is 34.3 Å². The average Bonchev–Trinajstić information content (AvgIpc) is 2.67. The summed E-state index contributed by atoms with van der Waals surface area (Å²) < 4.78 is 11.6. The van der Waals surface area contributed by atoms with E-state index in [1.165, 1.54) is 11.7 Å². The number of alkyl carbamates (subject to hydrolysis) is 1. The molecular weight excluding hydrogens is 398 g/mol. The number of carbonyl (C=O) groups excluding carboxylic acids is 2. The summed E-state index contributed by atoms with van der Waals surface area (Å²) in [6.07, 6.45) is -0.610. The number of ether oxygens (including phenoxy) is 2. The van der Waals surface area contributed by atoms with Gasteiger partial charge in [-0.1, -0.05) is 44.2 Å². The summed E-state index contributed by atoms with van der Waals surface area (Å²) in [4.78, 5) is 42.6. The second-order valence-electron chi connectivity index (χ2n) is 8.67. The fourth-order valence-electron chi connectivity index (χ4n) is 3.14. The Bertz CT molecular complexity index is 991. The van der Waals surface area contributed by atoms with Gasteiger partial charge in [0, 0.05) is 0 Å². The van der Waals surface area contributed by atoms with Crippen molar-refractivity contribution in [2.24, 2.45) is 5.92 Å². The molecule has 8 nitrogen and oxygen atoms in total. The third-order valence-electron chi connectivity index (χ3n) is 4.57. The molecule has 0 fully saturated rings. The summed E-state index contributed by atoms with van der Waals surface area (Å²) >= 11 is 0. The molecule has 1 N–H and O–H groups in total. The highest BCUT2D eigenvalue weighted by Crippen LogP contribution is 2.22. The molecule has 168 valence electrons. The summed E-state index contributed by atoms with van der Waals surface area (Å²) in [5.74, 6) is -0.505. The fraction of sp³-hybridized carbons (Fsp3) is 0.478. The molecule has 0 radical (unpaired) electrons. The molecule has 0 aliphatic rings. The minimum atomic E-state index is -0.746. The third-order valence-corrected chi connectivity index (χ3v) is 4.57. The van der Waals surface area contributed by atoms with Crippen molar-refractivity contribution in [3.8, 4) is 0 Å². The molecule has 1 heterocycles. The highest BCUT2D eigenvalue weighted by molar-refractivity contribution is 5.90. The van der Waals surface area contributed by atoms with Crippen LogP contribution in [0.3, 0.4) is 0 Å². The van der Waals surface area contributed by atoms with Crippen LogP contribution in [0.5, 0.6) is 0 Å². The maximum Gasteiger partial charge on any atom is 0.408 e. The molecule has 0 saturated carbocycles. The largest absolute Gasteiger partial charge is 0.465 e. The van der Waals surface area contributed by atoms with Crippen molar-refractivity contribution in [3.63, 3.8) is 0 Å². The number of nitrogens with zero attached hydrogens (tertiary/aromatic N) is 2. The van der Waals surface area contributed by atoms with Gasteiger partial charge in [-0.2, -0.15) is 0 Å². The first-order valence-corrected chi connectivity index (χ1v) is 10.2. The lowest BCUT2D eigenvalue weighted by Gasteiger charge is -2.27. The number of rotatable bonds is 6. The van der Waals surface area contributed by atoms with E-state index >= 15 is 0 Å². The normalized spacial score (nSPS) is 12.4. The molecule has 2 aromatic rings. The topological polar surface area (TPSA) is 99.5 Å². The summed E-state index contributed by atoms with van der Waals surface area (Å²) in [5, 5.41) is 2.83. The second kappa shape index (κ2) is 9.76. The highest BCUT2D eigenvalue weighted by Gasteiger charge is 2.29. The molecule has 0 aliphatic carbocycles. The van der Waals surface area contributed by atoms with Gasteiger partial charge in [-0.05, 0) is 39.2 Å². The van der Waals surface area contributed by atoms with Gasteiger partial charge in [-0.3, -0.25) is 9.36 Å². The lowest BCUT2D eigenvalue weighted by Crippen LogP contribution is -2.41. The van der Waals surface area contributed by atoms with Gasteiger partial charge in [0.15, 0.2) is 0 Å². The summed E-state index contributed by atoms with van der Waals surface area (Å²) in [6.45, 7) is 10.9. The Morgan fingerprint density at radius 1 is 1.16 bits per heavy atom. The lowest BCUT2D eigenvalue weighted by atomic mass is 10.0. The molecule has 1 atom stereocenters. The first kappa shape index (κ1) is 24.1. The van der Waals surface area contributed by atoms with E-state index in [9.17, 15) is 14.4 Å². The van der Waals surface area contributed by atoms with Crippen molar-refractivity contribution >= 4 is 12.1 Å². The number of hydrogen-bond acceptors (Lipinski definition) is 6. The van der Waals surface area contributed by atoms with Crippen LogP contribution >= 0.6 is 0 Å². The summed E-state index contributed by atoms with van der Waals surface area (Å²) in [6, 6.07) is 8.74. The Balaban J connectivity index is 2.63. The van der Waals surface area contributed by atoms with Gasteiger partial charge in [0.1, 0.15) is 17.0 Å². The number of aryl methyl sites for hydroxylation is 1. The molecule has 2 rings (SSSR count). The zero-order chi connectivity index (χ0) is 23.3. The number of hydrogen-bond donors (Lipinski definition) is 1. The molecule has 0 saturated heterocycles. The van der Waals surface area contributed by atoms with Crippen LogP contribution in [0.15, 0.2) is 35.1 Å². The Morgan fingerprint density at radius 2 is 1.77 bits per heavy atom. The number of esters is 1. The van der Waals surface area contributed by atoms with E-state index in [2.05, 4.69) is 10.3 Å². The SMILES string of the molecule is COC(=O)c1c(C)nc(C(NC(=O)OC(C)(C)C)C(C)C)n(Cc2ccccc2)c1=O. The van der Waals surface area contributed by atoms with Crippen LogP contribution in [0, 0.1) is 12.8 Å². The minimum absolute atomic E-state index is 0.107. The van der Waals surface area contributed by atoms with E-state index in [-0.39, 0.29) is 23.7 Å². The standard InChI is InChI=1S/C23H31N3O5/c1-14(2)18(25-22(29)31-23(4,5)6)19-24-15(3)17(21(28)30-7)20(27)26(19)13-16-11-9-8-10-12-16/h8-12,14,18H,13H2,1-7H3,(H,25,29). The minimum Gasteiger partial charge on any atom is -0.465 e. The predicted octanol–water partition coefficient (Wildman–Crippen LogP) is 3.61. The fourth-order valence-corrected chi connectivity index (χ4v) is 3.14. The highest BCUT2D eigenvalue weighted by atomic mass is 16.6. The first-order chi connectivity index (χ1) is 14.4. The van der Waals surface area contributed by atoms with E-state index < -0.39 is 29.3 Å². The van der Waals surface area contributed by atoms with Crippen LogP contribution in [-0.2, 0) is 16.0 Å². The van der Waals surface area contributed by atoms with Crippen molar-refractivity contribution in [2.45, 2.75) is 59.7 Å². The van der Waals surface area contributed by atoms with Gasteiger partial charge in [0.25, 0.3) is 5.56 Å². The molecule has 31 heavy (non-hydrogen) atoms. The van der Waals surface area contributed by atoms with Crippen LogP contribution in [0.2, 0.25) is 0 Å². The van der Waals surface area contributed by atoms with Crippen LogP contribution in [0.4, 0.5) is 4.79 Å². The quantitative estimate of drug-likeness (QED) is 0.704. The molecule has 0 aliphatic heterocycles. The second-order valence-corrected chi connectivity index (χ2v) is 8.67. The van der Waals surface area contributed by atoms with E-state index in [1.54, 1.807) is 27.7 Å². The molecule has 0 spiro atoms. The van der Waals surface area contributed by atoms with E-state index in [0.29, 0.717) is 5.82 Å². The number of amides is 1. The van der Waals surface area contributed by atoms with Crippen LogP contribution in [0.1, 0.15) is 68.1 Å². The van der Waals surface area contributed by atoms with Crippen molar-refractivity contribution in [3.05, 3.63) is 63.3 Å². The summed E-state index contributed by atoms with van der Waals surface area (Å²) in [7, 11) is 1.22. The maximum absolute atomic E-state index is 13.3. The number of methoxy groups -OCH3 is 1. The molecule has 1 aromatic carbocycles. The van der Waals surface area contributed by atoms with Crippen LogP contribution in [0.25, 0.3) is 0 Å². The van der Waals surface area contributed by atoms with Gasteiger partial charge < -0.3 is 14.8 Å². The number of nitrogens with one attached hydrogen (secondary N) is 1. The van der Waals surface area contributed by atoms with Crippen LogP contribution < -0.4 is 10.9 Å². The van der Waals surface area contributed by atoms with E-state index in [1.807, 2.05) is 44.2 Å². The first-order valence-electron chi connectivity index (χ1n) is 10.2. The molecule has 1 unspecified atom stereocenters. The van der Waals surface area contributed by atoms with Gasteiger partial charge >= 0.3 is 12.1 Å². The van der Waals surface area contributed by atoms with Crippen molar-refractivity contribution in [1.82, 2.24) is 14.9 Å². The third kappa shape index (κ3) is 6.16. The Morgan fingerprint density at radius 3 is 2.29 bits per heavy atom. The number of carbonyl (C=O) groups is 2. The Kier molecular flexibility index (Phi) is 7.60. The molecule has 1 aromatic heterocycles. The molecule has 1 amide bonds. The molecule has 0 bridgehead atoms. The predicted molar refractivity (Wildman–Crippen MR) is 117 cm³/mol. The Labute approximate surface area is 182 Å². The number of benzene rings is 1. The number of aromatic nitrogens is 2.